The predicted molar refractivity (Wildman–Crippen MR) is 143 cm³/mol. The second kappa shape index (κ2) is 11.4. The topological polar surface area (TPSA) is 85.3 Å². The average molecular weight is 514 g/mol. The molecule has 0 spiro atoms. The lowest BCUT2D eigenvalue weighted by molar-refractivity contribution is -0.140. The summed E-state index contributed by atoms with van der Waals surface area (Å²) in [5.41, 5.74) is 1.98. The van der Waals surface area contributed by atoms with E-state index in [-0.39, 0.29) is 17.9 Å². The number of likely N-dealkylation sites (tertiary alicyclic amines) is 1. The van der Waals surface area contributed by atoms with Gasteiger partial charge in [-0.25, -0.2) is 0 Å². The number of Topliss-reactive ketones (excluding diaryl/α,β-unsaturated/α-hetero) is 1. The number of fused-ring (bicyclic) bond motifs is 1. The molecule has 0 bridgehead atoms. The zero-order valence-electron chi connectivity index (χ0n) is 21.4. The summed E-state index contributed by atoms with van der Waals surface area (Å²) in [4.78, 5) is 28.3. The molecule has 1 amide bonds. The summed E-state index contributed by atoms with van der Waals surface area (Å²) in [5.74, 6) is 0.0674. The molecule has 2 aliphatic rings. The van der Waals surface area contributed by atoms with Gasteiger partial charge in [0.25, 0.3) is 11.7 Å². The molecule has 2 aliphatic heterocycles. The first-order valence-electron chi connectivity index (χ1n) is 13.0. The molecule has 3 aromatic rings. The van der Waals surface area contributed by atoms with Crippen molar-refractivity contribution in [2.45, 2.75) is 38.8 Å². The van der Waals surface area contributed by atoms with Crippen molar-refractivity contribution in [3.63, 3.8) is 0 Å². The summed E-state index contributed by atoms with van der Waals surface area (Å²) in [6, 6.07) is 21.1. The normalized spacial score (nSPS) is 18.0. The van der Waals surface area contributed by atoms with Crippen molar-refractivity contribution >= 4 is 17.4 Å². The highest BCUT2D eigenvalue weighted by Crippen LogP contribution is 2.42. The van der Waals surface area contributed by atoms with Crippen molar-refractivity contribution in [1.29, 1.82) is 0 Å². The largest absolute Gasteiger partial charge is 0.507 e. The number of ketones is 1. The Morgan fingerprint density at radius 1 is 0.947 bits per heavy atom. The zero-order valence-corrected chi connectivity index (χ0v) is 21.4. The molecule has 0 aliphatic carbocycles. The molecule has 0 saturated carbocycles. The smallest absolute Gasteiger partial charge is 0.295 e. The standard InChI is InChI=1S/C31H31NO6/c1-2-3-7-15-36-24-12-8-11-22(18-24)28-27(29(33)23-13-14-25-26(19-23)38-17-16-37-25)30(34)31(35)32(28)20-21-9-5-4-6-10-21/h4-6,8-14,18-19,28,33H,2-3,7,15-17,20H2,1H3/b29-27+/t28-/m1/s1. The number of unbranched alkanes of at least 4 members (excludes halogenated alkanes) is 2. The molecule has 0 radical (unpaired) electrons. The fraction of sp³-hybridized carbons (Fsp3) is 0.290. The molecule has 1 fully saturated rings. The third-order valence-corrected chi connectivity index (χ3v) is 6.74. The molecule has 7 heteroatoms. The number of carbonyl (C=O) groups is 2. The highest BCUT2D eigenvalue weighted by molar-refractivity contribution is 6.46. The van der Waals surface area contributed by atoms with Crippen molar-refractivity contribution in [1.82, 2.24) is 4.90 Å². The second-order valence-electron chi connectivity index (χ2n) is 9.40. The van der Waals surface area contributed by atoms with Gasteiger partial charge in [0.05, 0.1) is 18.2 Å². The molecule has 7 nitrogen and oxygen atoms in total. The van der Waals surface area contributed by atoms with Crippen molar-refractivity contribution in [3.05, 3.63) is 95.1 Å². The fourth-order valence-corrected chi connectivity index (χ4v) is 4.83. The third kappa shape index (κ3) is 5.23. The van der Waals surface area contributed by atoms with Crippen LogP contribution in [-0.2, 0) is 16.1 Å². The van der Waals surface area contributed by atoms with Crippen molar-refractivity contribution in [2.24, 2.45) is 0 Å². The first-order valence-corrected chi connectivity index (χ1v) is 13.0. The molecular formula is C31H31NO6. The van der Waals surface area contributed by atoms with E-state index in [1.54, 1.807) is 18.2 Å². The molecular weight excluding hydrogens is 482 g/mol. The molecule has 1 saturated heterocycles. The third-order valence-electron chi connectivity index (χ3n) is 6.74. The van der Waals surface area contributed by atoms with Gasteiger partial charge in [0.15, 0.2) is 11.5 Å². The Balaban J connectivity index is 1.56. The highest BCUT2D eigenvalue weighted by Gasteiger charge is 2.46. The number of aliphatic hydroxyl groups is 1. The predicted octanol–water partition coefficient (Wildman–Crippen LogP) is 5.65. The Morgan fingerprint density at radius 3 is 2.53 bits per heavy atom. The van der Waals surface area contributed by atoms with Crippen LogP contribution in [0.1, 0.15) is 48.9 Å². The van der Waals surface area contributed by atoms with Crippen molar-refractivity contribution in [2.75, 3.05) is 19.8 Å². The number of rotatable bonds is 9. The van der Waals surface area contributed by atoms with Crippen LogP contribution in [0.3, 0.4) is 0 Å². The van der Waals surface area contributed by atoms with E-state index >= 15 is 0 Å². The molecule has 0 unspecified atom stereocenters. The number of carbonyl (C=O) groups excluding carboxylic acids is 2. The first kappa shape index (κ1) is 25.4. The van der Waals surface area contributed by atoms with Crippen LogP contribution in [0.25, 0.3) is 5.76 Å². The molecule has 38 heavy (non-hydrogen) atoms. The van der Waals surface area contributed by atoms with Crippen LogP contribution in [0.5, 0.6) is 17.2 Å². The van der Waals surface area contributed by atoms with Crippen LogP contribution in [0.15, 0.2) is 78.4 Å². The lowest BCUT2D eigenvalue weighted by Crippen LogP contribution is -2.29. The monoisotopic (exact) mass is 513 g/mol. The molecule has 3 aromatic carbocycles. The number of aliphatic hydroxyl groups excluding tert-OH is 1. The minimum atomic E-state index is -0.789. The van der Waals surface area contributed by atoms with Gasteiger partial charge in [-0.3, -0.25) is 9.59 Å². The lowest BCUT2D eigenvalue weighted by Gasteiger charge is -2.26. The Bertz CT molecular complexity index is 1350. The fourth-order valence-electron chi connectivity index (χ4n) is 4.83. The van der Waals surface area contributed by atoms with Gasteiger partial charge in [0.1, 0.15) is 24.7 Å². The maximum absolute atomic E-state index is 13.4. The summed E-state index contributed by atoms with van der Waals surface area (Å²) in [5, 5.41) is 11.4. The van der Waals surface area contributed by atoms with Crippen LogP contribution >= 0.6 is 0 Å². The van der Waals surface area contributed by atoms with E-state index in [1.165, 1.54) is 4.90 Å². The van der Waals surface area contributed by atoms with Crippen LogP contribution in [0, 0.1) is 0 Å². The van der Waals surface area contributed by atoms with E-state index in [1.807, 2.05) is 54.6 Å². The number of nitrogens with zero attached hydrogens (tertiary/aromatic N) is 1. The van der Waals surface area contributed by atoms with Crippen LogP contribution in [0.2, 0.25) is 0 Å². The highest BCUT2D eigenvalue weighted by atomic mass is 16.6. The van der Waals surface area contributed by atoms with Gasteiger partial charge < -0.3 is 24.2 Å². The minimum Gasteiger partial charge on any atom is -0.507 e. The first-order chi connectivity index (χ1) is 18.6. The number of hydrogen-bond acceptors (Lipinski definition) is 6. The summed E-state index contributed by atoms with van der Waals surface area (Å²) in [6.45, 7) is 3.77. The maximum atomic E-state index is 13.4. The SMILES string of the molecule is CCCCCOc1cccc([C@@H]2/C(=C(\O)c3ccc4c(c3)OCCO4)C(=O)C(=O)N2Cc2ccccc2)c1. The Labute approximate surface area is 222 Å². The Kier molecular flexibility index (Phi) is 7.63. The summed E-state index contributed by atoms with van der Waals surface area (Å²) >= 11 is 0. The van der Waals surface area contributed by atoms with Gasteiger partial charge in [-0.05, 0) is 47.9 Å². The molecule has 0 aromatic heterocycles. The van der Waals surface area contributed by atoms with Gasteiger partial charge in [0, 0.05) is 12.1 Å². The van der Waals surface area contributed by atoms with Crippen LogP contribution in [-0.4, -0.2) is 41.5 Å². The lowest BCUT2D eigenvalue weighted by atomic mass is 9.94. The van der Waals surface area contributed by atoms with Gasteiger partial charge in [-0.1, -0.05) is 62.2 Å². The molecule has 2 heterocycles. The minimum absolute atomic E-state index is 0.0331. The van der Waals surface area contributed by atoms with Gasteiger partial charge in [0.2, 0.25) is 0 Å². The molecule has 1 atom stereocenters. The van der Waals surface area contributed by atoms with Crippen LogP contribution in [0.4, 0.5) is 0 Å². The number of benzene rings is 3. The van der Waals surface area contributed by atoms with E-state index in [0.29, 0.717) is 48.2 Å². The van der Waals surface area contributed by atoms with E-state index in [9.17, 15) is 14.7 Å². The van der Waals surface area contributed by atoms with Gasteiger partial charge in [-0.2, -0.15) is 0 Å². The second-order valence-corrected chi connectivity index (χ2v) is 9.40. The Morgan fingerprint density at radius 2 is 1.74 bits per heavy atom. The summed E-state index contributed by atoms with van der Waals surface area (Å²) in [6.07, 6.45) is 3.11. The number of ether oxygens (including phenoxy) is 3. The van der Waals surface area contributed by atoms with E-state index < -0.39 is 17.7 Å². The molecule has 1 N–H and O–H groups in total. The summed E-state index contributed by atoms with van der Waals surface area (Å²) in [7, 11) is 0. The Hall–Kier alpha value is -4.26. The molecule has 5 rings (SSSR count). The average Bonchev–Trinajstić information content (AvgIpc) is 3.20. The van der Waals surface area contributed by atoms with Crippen molar-refractivity contribution in [3.8, 4) is 17.2 Å². The maximum Gasteiger partial charge on any atom is 0.295 e. The number of amides is 1. The van der Waals surface area contributed by atoms with Crippen LogP contribution < -0.4 is 14.2 Å². The number of hydrogen-bond donors (Lipinski definition) is 1. The van der Waals surface area contributed by atoms with E-state index in [0.717, 1.165) is 24.8 Å². The van der Waals surface area contributed by atoms with E-state index in [2.05, 4.69) is 6.92 Å². The van der Waals surface area contributed by atoms with Gasteiger partial charge >= 0.3 is 0 Å². The zero-order chi connectivity index (χ0) is 26.5. The van der Waals surface area contributed by atoms with Gasteiger partial charge in [-0.15, -0.1) is 0 Å². The summed E-state index contributed by atoms with van der Waals surface area (Å²) < 4.78 is 17.2. The van der Waals surface area contributed by atoms with Crippen molar-refractivity contribution < 1.29 is 28.9 Å². The van der Waals surface area contributed by atoms with E-state index in [4.69, 9.17) is 14.2 Å². The quantitative estimate of drug-likeness (QED) is 0.172. The molecule has 196 valence electrons.